The smallest absolute Gasteiger partial charge is 0.237 e. The first-order valence-corrected chi connectivity index (χ1v) is 10.1. The van der Waals surface area contributed by atoms with E-state index in [4.69, 9.17) is 4.42 Å². The van der Waals surface area contributed by atoms with Crippen LogP contribution in [0.3, 0.4) is 0 Å². The summed E-state index contributed by atoms with van der Waals surface area (Å²) in [7, 11) is -3.42. The number of sulfonamides is 1. The van der Waals surface area contributed by atoms with Crippen LogP contribution in [0, 0.1) is 0 Å². The molecule has 0 amide bonds. The van der Waals surface area contributed by atoms with Gasteiger partial charge in [-0.15, -0.1) is 0 Å². The van der Waals surface area contributed by atoms with Crippen LogP contribution in [0.2, 0.25) is 0 Å². The van der Waals surface area contributed by atoms with Gasteiger partial charge in [0.15, 0.2) is 12.2 Å². The molecular formula is C20H23N3O3S. The van der Waals surface area contributed by atoms with Gasteiger partial charge in [0.05, 0.1) is 10.9 Å². The van der Waals surface area contributed by atoms with E-state index < -0.39 is 14.8 Å². The number of benzene rings is 2. The van der Waals surface area contributed by atoms with E-state index in [-0.39, 0.29) is 0 Å². The van der Waals surface area contributed by atoms with Crippen LogP contribution in [-0.2, 0) is 16.6 Å². The zero-order chi connectivity index (χ0) is 19.5. The highest BCUT2D eigenvalue weighted by Gasteiger charge is 2.28. The molecule has 142 valence electrons. The van der Waals surface area contributed by atoms with E-state index in [1.165, 1.54) is 6.39 Å². The lowest BCUT2D eigenvalue weighted by Crippen LogP contribution is -2.33. The summed E-state index contributed by atoms with van der Waals surface area (Å²) >= 11 is 0. The molecule has 0 aliphatic carbocycles. The standard InChI is InChI=1S/C20H23N3O3S/c1-20(2,3)27(24,25)23-18-8-4-15(5-9-18)12-22-17-10-6-16(7-11-17)19-13-21-14-26-19/h4-11,13-14,22-23H,12H2,1-3H3. The molecule has 0 spiro atoms. The second kappa shape index (κ2) is 7.44. The molecule has 0 saturated carbocycles. The number of rotatable bonds is 6. The Bertz CT molecular complexity index is 972. The summed E-state index contributed by atoms with van der Waals surface area (Å²) in [4.78, 5) is 3.91. The third-order valence-electron chi connectivity index (χ3n) is 4.11. The molecule has 27 heavy (non-hydrogen) atoms. The molecule has 2 aromatic carbocycles. The van der Waals surface area contributed by atoms with E-state index in [1.807, 2.05) is 36.4 Å². The van der Waals surface area contributed by atoms with Crippen LogP contribution >= 0.6 is 0 Å². The molecule has 1 aromatic heterocycles. The van der Waals surface area contributed by atoms with Gasteiger partial charge < -0.3 is 9.73 Å². The quantitative estimate of drug-likeness (QED) is 0.653. The Labute approximate surface area is 159 Å². The van der Waals surface area contributed by atoms with E-state index >= 15 is 0 Å². The summed E-state index contributed by atoms with van der Waals surface area (Å²) in [5.41, 5.74) is 3.56. The first kappa shape index (κ1) is 19.0. The second-order valence-electron chi connectivity index (χ2n) is 7.21. The highest BCUT2D eigenvalue weighted by Crippen LogP contribution is 2.22. The SMILES string of the molecule is CC(C)(C)S(=O)(=O)Nc1ccc(CNc2ccc(-c3cnco3)cc2)cc1. The highest BCUT2D eigenvalue weighted by molar-refractivity contribution is 7.94. The van der Waals surface area contributed by atoms with Gasteiger partial charge in [0.2, 0.25) is 10.0 Å². The Morgan fingerprint density at radius 1 is 0.963 bits per heavy atom. The molecule has 0 fully saturated rings. The monoisotopic (exact) mass is 385 g/mol. The van der Waals surface area contributed by atoms with Crippen molar-refractivity contribution in [3.05, 3.63) is 66.7 Å². The molecule has 1 heterocycles. The van der Waals surface area contributed by atoms with Gasteiger partial charge >= 0.3 is 0 Å². The van der Waals surface area contributed by atoms with Crippen LogP contribution in [0.5, 0.6) is 0 Å². The summed E-state index contributed by atoms with van der Waals surface area (Å²) in [5.74, 6) is 0.731. The summed E-state index contributed by atoms with van der Waals surface area (Å²) in [5, 5.41) is 3.34. The van der Waals surface area contributed by atoms with Crippen molar-refractivity contribution in [2.45, 2.75) is 32.1 Å². The van der Waals surface area contributed by atoms with Crippen LogP contribution in [0.25, 0.3) is 11.3 Å². The number of hydrogen-bond acceptors (Lipinski definition) is 5. The van der Waals surface area contributed by atoms with Gasteiger partial charge in [-0.05, 0) is 62.7 Å². The third kappa shape index (κ3) is 4.68. The molecule has 0 aliphatic rings. The van der Waals surface area contributed by atoms with Crippen LogP contribution < -0.4 is 10.0 Å². The number of oxazole rings is 1. The zero-order valence-electron chi connectivity index (χ0n) is 15.6. The Balaban J connectivity index is 1.59. The maximum absolute atomic E-state index is 12.2. The minimum absolute atomic E-state index is 0.560. The zero-order valence-corrected chi connectivity index (χ0v) is 16.4. The van der Waals surface area contributed by atoms with E-state index in [2.05, 4.69) is 15.0 Å². The molecular weight excluding hydrogens is 362 g/mol. The molecule has 2 N–H and O–H groups in total. The molecule has 0 unspecified atom stereocenters. The lowest BCUT2D eigenvalue weighted by Gasteiger charge is -2.20. The predicted molar refractivity (Wildman–Crippen MR) is 108 cm³/mol. The van der Waals surface area contributed by atoms with E-state index in [0.29, 0.717) is 12.2 Å². The molecule has 0 saturated heterocycles. The Morgan fingerprint density at radius 3 is 2.15 bits per heavy atom. The summed E-state index contributed by atoms with van der Waals surface area (Å²) < 4.78 is 31.4. The van der Waals surface area contributed by atoms with Gasteiger partial charge in [-0.2, -0.15) is 0 Å². The molecule has 0 bridgehead atoms. The Morgan fingerprint density at radius 2 is 1.59 bits per heavy atom. The van der Waals surface area contributed by atoms with Gasteiger partial charge in [-0.1, -0.05) is 12.1 Å². The minimum atomic E-state index is -3.42. The van der Waals surface area contributed by atoms with Crippen molar-refractivity contribution < 1.29 is 12.8 Å². The highest BCUT2D eigenvalue weighted by atomic mass is 32.2. The van der Waals surface area contributed by atoms with Crippen LogP contribution in [0.15, 0.2) is 65.5 Å². The number of nitrogens with one attached hydrogen (secondary N) is 2. The molecule has 7 heteroatoms. The van der Waals surface area contributed by atoms with Crippen molar-refractivity contribution in [2.75, 3.05) is 10.0 Å². The van der Waals surface area contributed by atoms with Gasteiger partial charge in [0.1, 0.15) is 0 Å². The lowest BCUT2D eigenvalue weighted by atomic mass is 10.1. The van der Waals surface area contributed by atoms with Gasteiger partial charge in [-0.25, -0.2) is 13.4 Å². The van der Waals surface area contributed by atoms with Crippen molar-refractivity contribution in [1.29, 1.82) is 0 Å². The minimum Gasteiger partial charge on any atom is -0.444 e. The molecule has 3 aromatic rings. The van der Waals surface area contributed by atoms with Crippen molar-refractivity contribution in [3.63, 3.8) is 0 Å². The number of nitrogens with zero attached hydrogens (tertiary/aromatic N) is 1. The molecule has 0 radical (unpaired) electrons. The largest absolute Gasteiger partial charge is 0.444 e. The lowest BCUT2D eigenvalue weighted by molar-refractivity contribution is 0.566. The fourth-order valence-electron chi connectivity index (χ4n) is 2.31. The van der Waals surface area contributed by atoms with Crippen molar-refractivity contribution in [2.24, 2.45) is 0 Å². The topological polar surface area (TPSA) is 84.2 Å². The number of aromatic nitrogens is 1. The third-order valence-corrected chi connectivity index (χ3v) is 6.23. The Hall–Kier alpha value is -2.80. The van der Waals surface area contributed by atoms with Gasteiger partial charge in [-0.3, -0.25) is 4.72 Å². The van der Waals surface area contributed by atoms with Crippen molar-refractivity contribution in [3.8, 4) is 11.3 Å². The van der Waals surface area contributed by atoms with E-state index in [1.54, 1.807) is 39.1 Å². The number of anilines is 2. The summed E-state index contributed by atoms with van der Waals surface area (Å²) in [6.45, 7) is 5.64. The van der Waals surface area contributed by atoms with Crippen LogP contribution in [0.4, 0.5) is 11.4 Å². The normalized spacial score (nSPS) is 12.0. The summed E-state index contributed by atoms with van der Waals surface area (Å²) in [6, 6.07) is 15.2. The first-order chi connectivity index (χ1) is 12.7. The van der Waals surface area contributed by atoms with Crippen LogP contribution in [0.1, 0.15) is 26.3 Å². The van der Waals surface area contributed by atoms with E-state index in [0.717, 1.165) is 22.6 Å². The summed E-state index contributed by atoms with van der Waals surface area (Å²) in [6.07, 6.45) is 3.09. The molecule has 0 atom stereocenters. The van der Waals surface area contributed by atoms with Crippen LogP contribution in [-0.4, -0.2) is 18.1 Å². The van der Waals surface area contributed by atoms with Gasteiger partial charge in [0.25, 0.3) is 0 Å². The van der Waals surface area contributed by atoms with E-state index in [9.17, 15) is 8.42 Å². The maximum atomic E-state index is 12.2. The van der Waals surface area contributed by atoms with Crippen molar-refractivity contribution >= 4 is 21.4 Å². The first-order valence-electron chi connectivity index (χ1n) is 8.59. The molecule has 3 rings (SSSR count). The Kier molecular flexibility index (Phi) is 5.23. The second-order valence-corrected chi connectivity index (χ2v) is 9.65. The van der Waals surface area contributed by atoms with Gasteiger partial charge in [0, 0.05) is 23.5 Å². The predicted octanol–water partition coefficient (Wildman–Crippen LogP) is 4.49. The fourth-order valence-corrected chi connectivity index (χ4v) is 3.07. The molecule has 0 aliphatic heterocycles. The maximum Gasteiger partial charge on any atom is 0.237 e. The average molecular weight is 385 g/mol. The van der Waals surface area contributed by atoms with Crippen molar-refractivity contribution in [1.82, 2.24) is 4.98 Å². The molecule has 6 nitrogen and oxygen atoms in total. The fraction of sp³-hybridized carbons (Fsp3) is 0.250. The number of hydrogen-bond donors (Lipinski definition) is 2. The average Bonchev–Trinajstić information content (AvgIpc) is 3.15.